The summed E-state index contributed by atoms with van der Waals surface area (Å²) in [6.07, 6.45) is 0. The van der Waals surface area contributed by atoms with Gasteiger partial charge in [0.05, 0.1) is 7.11 Å². The molecule has 0 bridgehead atoms. The third kappa shape index (κ3) is 3.41. The third-order valence-electron chi connectivity index (χ3n) is 2.80. The number of methoxy groups -OCH3 is 1. The Bertz CT molecular complexity index is 768. The van der Waals surface area contributed by atoms with Crippen molar-refractivity contribution in [1.82, 2.24) is 0 Å². The first-order valence-corrected chi connectivity index (χ1v) is 6.30. The average Bonchev–Trinajstić information content (AvgIpc) is 2.53. The largest absolute Gasteiger partial charge is 0.494 e. The van der Waals surface area contributed by atoms with Crippen LogP contribution in [0.25, 0.3) is 5.76 Å². The Kier molecular flexibility index (Phi) is 4.74. The molecule has 0 atom stereocenters. The van der Waals surface area contributed by atoms with Crippen LogP contribution < -0.4 is 4.74 Å². The molecule has 0 amide bonds. The van der Waals surface area contributed by atoms with E-state index in [-0.39, 0.29) is 17.1 Å². The van der Waals surface area contributed by atoms with Gasteiger partial charge in [0.2, 0.25) is 0 Å². The zero-order chi connectivity index (χ0) is 15.9. The molecular weight excluding hydrogens is 283 g/mol. The summed E-state index contributed by atoms with van der Waals surface area (Å²) in [5.74, 6) is 0.693. The molecule has 0 aliphatic carbocycles. The molecule has 4 nitrogen and oxygen atoms in total. The predicted molar refractivity (Wildman–Crippen MR) is 78.1 cm³/mol. The Labute approximate surface area is 127 Å². The van der Waals surface area contributed by atoms with Gasteiger partial charge in [0.25, 0.3) is 0 Å². The molecule has 0 aliphatic rings. The number of rotatable bonds is 4. The summed E-state index contributed by atoms with van der Waals surface area (Å²) >= 11 is 0. The summed E-state index contributed by atoms with van der Waals surface area (Å²) in [4.78, 5) is 0. The van der Waals surface area contributed by atoms with Crippen molar-refractivity contribution >= 4 is 5.76 Å². The highest BCUT2D eigenvalue weighted by atomic mass is 19.1. The SMILES string of the molecule is COC(=C(C#N)C#N)c1ccc(Oc2cccc(F)c2)cc1. The predicted octanol–water partition coefficient (Wildman–Crippen LogP) is 4.02. The topological polar surface area (TPSA) is 66.0 Å². The van der Waals surface area contributed by atoms with Gasteiger partial charge in [0.1, 0.15) is 29.5 Å². The number of halogens is 1. The van der Waals surface area contributed by atoms with E-state index < -0.39 is 0 Å². The molecule has 0 saturated carbocycles. The normalized spacial score (nSPS) is 9.27. The summed E-state index contributed by atoms with van der Waals surface area (Å²) in [7, 11) is 1.39. The number of nitrogens with zero attached hydrogens (tertiary/aromatic N) is 2. The molecule has 2 aromatic rings. The molecule has 0 heterocycles. The van der Waals surface area contributed by atoms with Gasteiger partial charge in [-0.3, -0.25) is 0 Å². The van der Waals surface area contributed by atoms with E-state index in [4.69, 9.17) is 20.0 Å². The van der Waals surface area contributed by atoms with Crippen LogP contribution in [0, 0.1) is 28.5 Å². The van der Waals surface area contributed by atoms with Gasteiger partial charge >= 0.3 is 0 Å². The van der Waals surface area contributed by atoms with Gasteiger partial charge in [-0.15, -0.1) is 0 Å². The molecule has 0 fully saturated rings. The van der Waals surface area contributed by atoms with Crippen LogP contribution in [-0.4, -0.2) is 7.11 Å². The van der Waals surface area contributed by atoms with Crippen LogP contribution in [0.2, 0.25) is 0 Å². The fourth-order valence-corrected chi connectivity index (χ4v) is 1.83. The van der Waals surface area contributed by atoms with Crippen LogP contribution >= 0.6 is 0 Å². The molecule has 0 aliphatic heterocycles. The molecule has 0 N–H and O–H groups in total. The molecule has 0 aromatic heterocycles. The minimum atomic E-state index is -0.383. The van der Waals surface area contributed by atoms with Crippen molar-refractivity contribution in [3.63, 3.8) is 0 Å². The van der Waals surface area contributed by atoms with E-state index in [1.165, 1.54) is 19.2 Å². The van der Waals surface area contributed by atoms with Gasteiger partial charge in [0, 0.05) is 11.6 Å². The van der Waals surface area contributed by atoms with Crippen LogP contribution in [0.15, 0.2) is 54.1 Å². The van der Waals surface area contributed by atoms with Crippen molar-refractivity contribution in [2.45, 2.75) is 0 Å². The molecule has 0 saturated heterocycles. The van der Waals surface area contributed by atoms with Gasteiger partial charge < -0.3 is 9.47 Å². The van der Waals surface area contributed by atoms with Crippen molar-refractivity contribution in [1.29, 1.82) is 10.5 Å². The minimum absolute atomic E-state index is 0.110. The van der Waals surface area contributed by atoms with E-state index >= 15 is 0 Å². The Morgan fingerprint density at radius 2 is 1.68 bits per heavy atom. The number of ether oxygens (including phenoxy) is 2. The second kappa shape index (κ2) is 6.92. The van der Waals surface area contributed by atoms with Crippen molar-refractivity contribution in [3.8, 4) is 23.6 Å². The Morgan fingerprint density at radius 1 is 1.00 bits per heavy atom. The monoisotopic (exact) mass is 294 g/mol. The second-order valence-electron chi connectivity index (χ2n) is 4.22. The Hall–Kier alpha value is -3.31. The lowest BCUT2D eigenvalue weighted by Crippen LogP contribution is -1.92. The maximum Gasteiger partial charge on any atom is 0.172 e. The van der Waals surface area contributed by atoms with E-state index in [0.29, 0.717) is 17.1 Å². The quantitative estimate of drug-likeness (QED) is 0.631. The minimum Gasteiger partial charge on any atom is -0.494 e. The summed E-state index contributed by atoms with van der Waals surface area (Å²) in [5, 5.41) is 17.8. The first kappa shape index (κ1) is 15.1. The third-order valence-corrected chi connectivity index (χ3v) is 2.80. The Balaban J connectivity index is 2.26. The van der Waals surface area contributed by atoms with E-state index in [1.54, 1.807) is 48.5 Å². The lowest BCUT2D eigenvalue weighted by Gasteiger charge is -2.09. The van der Waals surface area contributed by atoms with E-state index in [1.807, 2.05) is 0 Å². The number of allylic oxidation sites excluding steroid dienone is 1. The zero-order valence-electron chi connectivity index (χ0n) is 11.7. The van der Waals surface area contributed by atoms with E-state index in [9.17, 15) is 4.39 Å². The summed E-state index contributed by atoms with van der Waals surface area (Å²) in [6, 6.07) is 16.0. The van der Waals surface area contributed by atoms with Gasteiger partial charge in [-0.25, -0.2) is 4.39 Å². The molecule has 0 spiro atoms. The first-order chi connectivity index (χ1) is 10.7. The number of benzene rings is 2. The molecule has 5 heteroatoms. The molecule has 2 aromatic carbocycles. The van der Waals surface area contributed by atoms with Crippen molar-refractivity contribution in [3.05, 3.63) is 65.5 Å². The summed E-state index contributed by atoms with van der Waals surface area (Å²) in [5.41, 5.74) is 0.466. The molecule has 2 rings (SSSR count). The molecule has 0 radical (unpaired) electrons. The standard InChI is InChI=1S/C17H11FN2O2/c1-21-17(13(10-19)11-20)12-5-7-15(8-6-12)22-16-4-2-3-14(18)9-16/h2-9H,1H3. The zero-order valence-corrected chi connectivity index (χ0v) is 11.7. The maximum absolute atomic E-state index is 13.1. The lowest BCUT2D eigenvalue weighted by atomic mass is 10.1. The summed E-state index contributed by atoms with van der Waals surface area (Å²) in [6.45, 7) is 0. The van der Waals surface area contributed by atoms with Crippen LogP contribution in [0.5, 0.6) is 11.5 Å². The number of hydrogen-bond donors (Lipinski definition) is 0. The van der Waals surface area contributed by atoms with Crippen LogP contribution in [0.1, 0.15) is 5.56 Å². The van der Waals surface area contributed by atoms with Crippen LogP contribution in [-0.2, 0) is 4.74 Å². The fourth-order valence-electron chi connectivity index (χ4n) is 1.83. The average molecular weight is 294 g/mol. The number of hydrogen-bond acceptors (Lipinski definition) is 4. The molecular formula is C17H11FN2O2. The van der Waals surface area contributed by atoms with Gasteiger partial charge in [-0.2, -0.15) is 10.5 Å². The van der Waals surface area contributed by atoms with Gasteiger partial charge in [-0.1, -0.05) is 6.07 Å². The lowest BCUT2D eigenvalue weighted by molar-refractivity contribution is 0.368. The van der Waals surface area contributed by atoms with Crippen LogP contribution in [0.3, 0.4) is 0 Å². The van der Waals surface area contributed by atoms with Crippen molar-refractivity contribution in [2.75, 3.05) is 7.11 Å². The summed E-state index contributed by atoms with van der Waals surface area (Å²) < 4.78 is 23.7. The number of nitriles is 2. The highest BCUT2D eigenvalue weighted by molar-refractivity contribution is 5.70. The second-order valence-corrected chi connectivity index (χ2v) is 4.22. The maximum atomic E-state index is 13.1. The smallest absolute Gasteiger partial charge is 0.172 e. The fraction of sp³-hybridized carbons (Fsp3) is 0.0588. The van der Waals surface area contributed by atoms with Crippen molar-refractivity contribution in [2.24, 2.45) is 0 Å². The van der Waals surface area contributed by atoms with E-state index in [0.717, 1.165) is 0 Å². The van der Waals surface area contributed by atoms with Crippen molar-refractivity contribution < 1.29 is 13.9 Å². The Morgan fingerprint density at radius 3 is 2.23 bits per heavy atom. The first-order valence-electron chi connectivity index (χ1n) is 6.30. The highest BCUT2D eigenvalue weighted by Gasteiger charge is 2.10. The highest BCUT2D eigenvalue weighted by Crippen LogP contribution is 2.25. The van der Waals surface area contributed by atoms with Crippen LogP contribution in [0.4, 0.5) is 4.39 Å². The molecule has 0 unspecified atom stereocenters. The van der Waals surface area contributed by atoms with E-state index in [2.05, 4.69) is 0 Å². The molecule has 22 heavy (non-hydrogen) atoms. The van der Waals surface area contributed by atoms with Gasteiger partial charge in [-0.05, 0) is 36.4 Å². The molecule has 108 valence electrons. The van der Waals surface area contributed by atoms with Gasteiger partial charge in [0.15, 0.2) is 11.3 Å².